The van der Waals surface area contributed by atoms with E-state index in [1.165, 1.54) is 0 Å². The molecule has 0 heterocycles. The summed E-state index contributed by atoms with van der Waals surface area (Å²) in [6, 6.07) is 7.27. The monoisotopic (exact) mass is 223 g/mol. The Morgan fingerprint density at radius 3 is 2.60 bits per heavy atom. The largest absolute Gasteiger partial charge is 0.352 e. The number of rotatable bonds is 5. The van der Waals surface area contributed by atoms with Gasteiger partial charge in [-0.3, -0.25) is 4.79 Å². The van der Waals surface area contributed by atoms with Crippen LogP contribution in [0.1, 0.15) is 22.3 Å². The van der Waals surface area contributed by atoms with E-state index in [1.807, 2.05) is 12.1 Å². The number of alkyl halides is 1. The summed E-state index contributed by atoms with van der Waals surface area (Å²) < 4.78 is 0. The van der Waals surface area contributed by atoms with E-state index in [0.717, 1.165) is 12.0 Å². The number of hydrogen-bond acceptors (Lipinski definition) is 1. The summed E-state index contributed by atoms with van der Waals surface area (Å²) in [7, 11) is 0. The molecule has 1 rings (SSSR count). The molecule has 1 aromatic carbocycles. The molecule has 0 fully saturated rings. The lowest BCUT2D eigenvalue weighted by Crippen LogP contribution is -2.23. The molecule has 0 aliphatic heterocycles. The van der Waals surface area contributed by atoms with Gasteiger partial charge in [-0.15, -0.1) is 18.2 Å². The quantitative estimate of drug-likeness (QED) is 0.464. The summed E-state index contributed by atoms with van der Waals surface area (Å²) in [4.78, 5) is 11.5. The number of benzene rings is 1. The molecule has 1 aromatic rings. The average molecular weight is 224 g/mol. The lowest BCUT2D eigenvalue weighted by atomic mass is 10.1. The second-order valence-corrected chi connectivity index (χ2v) is 3.43. The smallest absolute Gasteiger partial charge is 0.251 e. The molecule has 0 saturated heterocycles. The van der Waals surface area contributed by atoms with Crippen LogP contribution in [-0.4, -0.2) is 12.5 Å². The van der Waals surface area contributed by atoms with Crippen LogP contribution in [0.15, 0.2) is 36.9 Å². The molecule has 0 spiro atoms. The van der Waals surface area contributed by atoms with Gasteiger partial charge in [-0.05, 0) is 24.1 Å². The summed E-state index contributed by atoms with van der Waals surface area (Å²) in [6.07, 6.45) is 2.56. The predicted molar refractivity (Wildman–Crippen MR) is 63.1 cm³/mol. The molecule has 0 unspecified atom stereocenters. The minimum Gasteiger partial charge on any atom is -0.352 e. The second kappa shape index (κ2) is 6.25. The highest BCUT2D eigenvalue weighted by molar-refractivity contribution is 6.17. The van der Waals surface area contributed by atoms with E-state index in [0.29, 0.717) is 18.0 Å². The molecular formula is C12H14ClNO. The number of halogens is 1. The van der Waals surface area contributed by atoms with Gasteiger partial charge in [-0.1, -0.05) is 18.2 Å². The number of carbonyl (C=O) groups is 1. The third kappa shape index (κ3) is 3.76. The van der Waals surface area contributed by atoms with Crippen LogP contribution in [0, 0.1) is 0 Å². The van der Waals surface area contributed by atoms with Gasteiger partial charge >= 0.3 is 0 Å². The Balaban J connectivity index is 2.54. The molecule has 0 radical (unpaired) electrons. The molecule has 0 aliphatic rings. The van der Waals surface area contributed by atoms with Gasteiger partial charge in [0.1, 0.15) is 0 Å². The van der Waals surface area contributed by atoms with Crippen LogP contribution in [0.3, 0.4) is 0 Å². The van der Waals surface area contributed by atoms with Gasteiger partial charge in [0, 0.05) is 18.0 Å². The van der Waals surface area contributed by atoms with E-state index >= 15 is 0 Å². The standard InChI is InChI=1S/C12H14ClNO/c1-2-3-8-14-12(15)11-6-4-10(9-13)5-7-11/h2,4-7H,1,3,8-9H2,(H,14,15). The summed E-state index contributed by atoms with van der Waals surface area (Å²) in [5.74, 6) is 0.413. The Labute approximate surface area is 94.9 Å². The van der Waals surface area contributed by atoms with E-state index in [-0.39, 0.29) is 5.91 Å². The first-order chi connectivity index (χ1) is 7.27. The van der Waals surface area contributed by atoms with Crippen LogP contribution in [0.25, 0.3) is 0 Å². The van der Waals surface area contributed by atoms with E-state index in [2.05, 4.69) is 11.9 Å². The molecule has 0 aliphatic carbocycles. The van der Waals surface area contributed by atoms with E-state index in [1.54, 1.807) is 18.2 Å². The van der Waals surface area contributed by atoms with Crippen molar-refractivity contribution in [1.82, 2.24) is 5.32 Å². The maximum atomic E-state index is 11.5. The summed E-state index contributed by atoms with van der Waals surface area (Å²) in [5, 5.41) is 2.79. The predicted octanol–water partition coefficient (Wildman–Crippen LogP) is 2.73. The first-order valence-electron chi connectivity index (χ1n) is 4.82. The van der Waals surface area contributed by atoms with Crippen molar-refractivity contribution < 1.29 is 4.79 Å². The third-order valence-corrected chi connectivity index (χ3v) is 2.31. The highest BCUT2D eigenvalue weighted by atomic mass is 35.5. The normalized spacial score (nSPS) is 9.67. The fourth-order valence-electron chi connectivity index (χ4n) is 1.14. The van der Waals surface area contributed by atoms with Crippen LogP contribution >= 0.6 is 11.6 Å². The van der Waals surface area contributed by atoms with Gasteiger partial charge in [0.2, 0.25) is 0 Å². The maximum Gasteiger partial charge on any atom is 0.251 e. The number of nitrogens with one attached hydrogen (secondary N) is 1. The van der Waals surface area contributed by atoms with Gasteiger partial charge in [0.15, 0.2) is 0 Å². The molecule has 2 nitrogen and oxygen atoms in total. The Hall–Kier alpha value is -1.28. The van der Waals surface area contributed by atoms with E-state index in [9.17, 15) is 4.79 Å². The van der Waals surface area contributed by atoms with Crippen molar-refractivity contribution in [3.8, 4) is 0 Å². The third-order valence-electron chi connectivity index (χ3n) is 2.00. The first kappa shape index (κ1) is 11.8. The van der Waals surface area contributed by atoms with Crippen LogP contribution in [-0.2, 0) is 5.88 Å². The van der Waals surface area contributed by atoms with Crippen molar-refractivity contribution in [2.24, 2.45) is 0 Å². The zero-order valence-electron chi connectivity index (χ0n) is 8.50. The van der Waals surface area contributed by atoms with Crippen LogP contribution in [0.4, 0.5) is 0 Å². The minimum atomic E-state index is -0.0574. The van der Waals surface area contributed by atoms with Gasteiger partial charge in [0.05, 0.1) is 0 Å². The van der Waals surface area contributed by atoms with E-state index < -0.39 is 0 Å². The van der Waals surface area contributed by atoms with Gasteiger partial charge in [-0.2, -0.15) is 0 Å². The molecule has 1 N–H and O–H groups in total. The highest BCUT2D eigenvalue weighted by Gasteiger charge is 2.03. The minimum absolute atomic E-state index is 0.0574. The van der Waals surface area contributed by atoms with E-state index in [4.69, 9.17) is 11.6 Å². The Morgan fingerprint density at radius 1 is 1.40 bits per heavy atom. The lowest BCUT2D eigenvalue weighted by molar-refractivity contribution is 0.0954. The van der Waals surface area contributed by atoms with Crippen LogP contribution in [0.2, 0.25) is 0 Å². The Bertz CT molecular complexity index is 332. The number of hydrogen-bond donors (Lipinski definition) is 1. The van der Waals surface area contributed by atoms with Gasteiger partial charge in [0.25, 0.3) is 5.91 Å². The van der Waals surface area contributed by atoms with Gasteiger partial charge in [-0.25, -0.2) is 0 Å². The summed E-state index contributed by atoms with van der Waals surface area (Å²) >= 11 is 5.65. The second-order valence-electron chi connectivity index (χ2n) is 3.16. The van der Waals surface area contributed by atoms with Crippen molar-refractivity contribution in [1.29, 1.82) is 0 Å². The molecule has 0 saturated carbocycles. The Kier molecular flexibility index (Phi) is 4.91. The number of carbonyl (C=O) groups excluding carboxylic acids is 1. The fraction of sp³-hybridized carbons (Fsp3) is 0.250. The summed E-state index contributed by atoms with van der Waals surface area (Å²) in [5.41, 5.74) is 1.67. The highest BCUT2D eigenvalue weighted by Crippen LogP contribution is 2.06. The molecule has 80 valence electrons. The molecule has 0 bridgehead atoms. The molecule has 3 heteroatoms. The zero-order chi connectivity index (χ0) is 11.1. The summed E-state index contributed by atoms with van der Waals surface area (Å²) in [6.45, 7) is 4.21. The van der Waals surface area contributed by atoms with Crippen LogP contribution in [0.5, 0.6) is 0 Å². The fourth-order valence-corrected chi connectivity index (χ4v) is 1.31. The van der Waals surface area contributed by atoms with Crippen molar-refractivity contribution in [3.63, 3.8) is 0 Å². The molecule has 0 aromatic heterocycles. The first-order valence-corrected chi connectivity index (χ1v) is 5.35. The molecule has 0 atom stereocenters. The lowest BCUT2D eigenvalue weighted by Gasteiger charge is -2.03. The Morgan fingerprint density at radius 2 is 2.07 bits per heavy atom. The van der Waals surface area contributed by atoms with Crippen molar-refractivity contribution in [2.75, 3.05) is 6.54 Å². The molecule has 1 amide bonds. The topological polar surface area (TPSA) is 29.1 Å². The SMILES string of the molecule is C=CCCNC(=O)c1ccc(CCl)cc1. The average Bonchev–Trinajstić information content (AvgIpc) is 2.29. The molecular weight excluding hydrogens is 210 g/mol. The maximum absolute atomic E-state index is 11.5. The van der Waals surface area contributed by atoms with Crippen molar-refractivity contribution in [2.45, 2.75) is 12.3 Å². The number of amides is 1. The van der Waals surface area contributed by atoms with Crippen molar-refractivity contribution >= 4 is 17.5 Å². The van der Waals surface area contributed by atoms with Crippen LogP contribution < -0.4 is 5.32 Å². The zero-order valence-corrected chi connectivity index (χ0v) is 9.26. The van der Waals surface area contributed by atoms with Gasteiger partial charge < -0.3 is 5.32 Å². The van der Waals surface area contributed by atoms with Crippen molar-refractivity contribution in [3.05, 3.63) is 48.0 Å². The molecule has 15 heavy (non-hydrogen) atoms.